The van der Waals surface area contributed by atoms with Crippen molar-refractivity contribution in [2.75, 3.05) is 31.0 Å². The van der Waals surface area contributed by atoms with Crippen LogP contribution >= 0.6 is 11.3 Å². The lowest BCUT2D eigenvalue weighted by Crippen LogP contribution is -2.24. The van der Waals surface area contributed by atoms with Crippen molar-refractivity contribution in [1.29, 1.82) is 0 Å². The van der Waals surface area contributed by atoms with Gasteiger partial charge in [-0.1, -0.05) is 30.4 Å². The van der Waals surface area contributed by atoms with E-state index >= 15 is 0 Å². The molecule has 1 unspecified atom stereocenters. The van der Waals surface area contributed by atoms with Gasteiger partial charge in [-0.15, -0.1) is 10.2 Å². The minimum atomic E-state index is -0.343. The Balaban J connectivity index is 1.45. The lowest BCUT2D eigenvalue weighted by atomic mass is 10.1. The van der Waals surface area contributed by atoms with Crippen LogP contribution in [0.3, 0.4) is 0 Å². The van der Waals surface area contributed by atoms with Crippen LogP contribution in [0.15, 0.2) is 42.5 Å². The zero-order valence-electron chi connectivity index (χ0n) is 18.1. The van der Waals surface area contributed by atoms with Crippen molar-refractivity contribution in [2.24, 2.45) is 0 Å². The number of anilines is 2. The number of carbonyl (C=O) groups excluding carboxylic acids is 2. The Morgan fingerprint density at radius 3 is 2.44 bits per heavy atom. The number of hydrogen-bond acceptors (Lipinski definition) is 7. The summed E-state index contributed by atoms with van der Waals surface area (Å²) in [5, 5.41) is 12.2. The lowest BCUT2D eigenvalue weighted by Gasteiger charge is -2.16. The van der Waals surface area contributed by atoms with Crippen LogP contribution in [-0.4, -0.2) is 42.8 Å². The average Bonchev–Trinajstić information content (AvgIpc) is 3.45. The van der Waals surface area contributed by atoms with Crippen LogP contribution in [0.25, 0.3) is 0 Å². The first-order chi connectivity index (χ1) is 15.5. The van der Waals surface area contributed by atoms with Crippen LogP contribution in [0.4, 0.5) is 10.8 Å². The van der Waals surface area contributed by atoms with Crippen molar-refractivity contribution in [3.05, 3.63) is 58.6 Å². The molecule has 1 aliphatic heterocycles. The first-order valence-electron chi connectivity index (χ1n) is 10.3. The van der Waals surface area contributed by atoms with Crippen molar-refractivity contribution < 1.29 is 19.1 Å². The Kier molecular flexibility index (Phi) is 6.36. The topological polar surface area (TPSA) is 93.7 Å². The van der Waals surface area contributed by atoms with Crippen LogP contribution in [0.2, 0.25) is 0 Å². The fourth-order valence-corrected chi connectivity index (χ4v) is 4.42. The molecule has 1 atom stereocenters. The average molecular weight is 453 g/mol. The summed E-state index contributed by atoms with van der Waals surface area (Å²) >= 11 is 1.28. The van der Waals surface area contributed by atoms with E-state index in [0.717, 1.165) is 17.1 Å². The summed E-state index contributed by atoms with van der Waals surface area (Å²) in [6, 6.07) is 13.0. The standard InChI is InChI=1S/C23H24N4O4S/c1-4-14-5-7-17(8-6-14)27-13-16(11-20(27)28)22-25-26-23(32-22)24-21(29)15-9-18(30-2)12-19(10-15)31-3/h5-10,12,16H,4,11,13H2,1-3H3,(H,24,26,29). The number of aromatic nitrogens is 2. The summed E-state index contributed by atoms with van der Waals surface area (Å²) < 4.78 is 10.4. The van der Waals surface area contributed by atoms with Crippen molar-refractivity contribution in [2.45, 2.75) is 25.7 Å². The Bertz CT molecular complexity index is 1110. The van der Waals surface area contributed by atoms with Crippen molar-refractivity contribution >= 4 is 34.0 Å². The minimum absolute atomic E-state index is 0.0588. The first-order valence-corrected chi connectivity index (χ1v) is 11.1. The van der Waals surface area contributed by atoms with Gasteiger partial charge in [0, 0.05) is 36.2 Å². The highest BCUT2D eigenvalue weighted by Gasteiger charge is 2.34. The summed E-state index contributed by atoms with van der Waals surface area (Å²) in [7, 11) is 3.05. The Labute approximate surface area is 190 Å². The summed E-state index contributed by atoms with van der Waals surface area (Å²) in [4.78, 5) is 27.1. The molecule has 3 aromatic rings. The maximum Gasteiger partial charge on any atom is 0.257 e. The normalized spacial score (nSPS) is 15.7. The lowest BCUT2D eigenvalue weighted by molar-refractivity contribution is -0.117. The summed E-state index contributed by atoms with van der Waals surface area (Å²) in [5.74, 6) is 0.690. The number of hydrogen-bond donors (Lipinski definition) is 1. The van der Waals surface area contributed by atoms with Crippen LogP contribution in [0.5, 0.6) is 11.5 Å². The van der Waals surface area contributed by atoms with E-state index in [-0.39, 0.29) is 17.7 Å². The van der Waals surface area contributed by atoms with Gasteiger partial charge in [0.05, 0.1) is 14.2 Å². The summed E-state index contributed by atoms with van der Waals surface area (Å²) in [5.41, 5.74) is 2.51. The zero-order valence-corrected chi connectivity index (χ0v) is 18.9. The van der Waals surface area contributed by atoms with Gasteiger partial charge in [0.1, 0.15) is 16.5 Å². The molecule has 9 heteroatoms. The number of benzene rings is 2. The van der Waals surface area contributed by atoms with E-state index in [2.05, 4.69) is 22.4 Å². The third kappa shape index (κ3) is 4.57. The molecule has 2 heterocycles. The van der Waals surface area contributed by atoms with Crippen molar-refractivity contribution in [3.8, 4) is 11.5 Å². The number of nitrogens with zero attached hydrogens (tertiary/aromatic N) is 3. The van der Waals surface area contributed by atoms with E-state index in [1.165, 1.54) is 31.1 Å². The highest BCUT2D eigenvalue weighted by molar-refractivity contribution is 7.15. The maximum absolute atomic E-state index is 12.7. The second kappa shape index (κ2) is 9.35. The van der Waals surface area contributed by atoms with Gasteiger partial charge in [-0.3, -0.25) is 14.9 Å². The molecule has 0 spiro atoms. The van der Waals surface area contributed by atoms with E-state index in [0.29, 0.717) is 35.2 Å². The van der Waals surface area contributed by atoms with Gasteiger partial charge in [-0.25, -0.2) is 0 Å². The molecular weight excluding hydrogens is 428 g/mol. The predicted molar refractivity (Wildman–Crippen MR) is 123 cm³/mol. The van der Waals surface area contributed by atoms with E-state index < -0.39 is 0 Å². The summed E-state index contributed by atoms with van der Waals surface area (Å²) in [6.07, 6.45) is 1.32. The molecule has 1 N–H and O–H groups in total. The number of amides is 2. The highest BCUT2D eigenvalue weighted by atomic mass is 32.1. The Morgan fingerprint density at radius 1 is 1.12 bits per heavy atom. The largest absolute Gasteiger partial charge is 0.497 e. The predicted octanol–water partition coefficient (Wildman–Crippen LogP) is 3.89. The second-order valence-electron chi connectivity index (χ2n) is 7.43. The highest BCUT2D eigenvalue weighted by Crippen LogP contribution is 2.34. The van der Waals surface area contributed by atoms with Gasteiger partial charge in [-0.2, -0.15) is 0 Å². The molecule has 0 saturated carbocycles. The molecule has 0 bridgehead atoms. The van der Waals surface area contributed by atoms with Crippen LogP contribution < -0.4 is 19.7 Å². The maximum atomic E-state index is 12.7. The van der Waals surface area contributed by atoms with E-state index in [1.807, 2.05) is 24.3 Å². The monoisotopic (exact) mass is 452 g/mol. The van der Waals surface area contributed by atoms with Crippen LogP contribution in [0, 0.1) is 0 Å². The first kappa shape index (κ1) is 21.8. The molecule has 2 amide bonds. The van der Waals surface area contributed by atoms with Crippen LogP contribution in [-0.2, 0) is 11.2 Å². The van der Waals surface area contributed by atoms with Crippen molar-refractivity contribution in [3.63, 3.8) is 0 Å². The van der Waals surface area contributed by atoms with E-state index in [4.69, 9.17) is 9.47 Å². The number of ether oxygens (including phenoxy) is 2. The minimum Gasteiger partial charge on any atom is -0.497 e. The third-order valence-corrected chi connectivity index (χ3v) is 6.41. The molecule has 8 nitrogen and oxygen atoms in total. The van der Waals surface area contributed by atoms with Crippen molar-refractivity contribution in [1.82, 2.24) is 10.2 Å². The molecule has 166 valence electrons. The number of rotatable bonds is 7. The number of carbonyl (C=O) groups is 2. The quantitative estimate of drug-likeness (QED) is 0.585. The molecular formula is C23H24N4O4S. The van der Waals surface area contributed by atoms with Gasteiger partial charge in [-0.05, 0) is 36.2 Å². The van der Waals surface area contributed by atoms with E-state index in [9.17, 15) is 9.59 Å². The Hall–Kier alpha value is -3.46. The van der Waals surface area contributed by atoms with Gasteiger partial charge < -0.3 is 14.4 Å². The van der Waals surface area contributed by atoms with Crippen LogP contribution in [0.1, 0.15) is 40.2 Å². The number of nitrogens with one attached hydrogen (secondary N) is 1. The molecule has 1 saturated heterocycles. The second-order valence-corrected chi connectivity index (χ2v) is 8.44. The fourth-order valence-electron chi connectivity index (χ4n) is 3.59. The Morgan fingerprint density at radius 2 is 1.81 bits per heavy atom. The molecule has 1 aromatic heterocycles. The van der Waals surface area contributed by atoms with Gasteiger partial charge in [0.15, 0.2) is 0 Å². The molecule has 1 fully saturated rings. The van der Waals surface area contributed by atoms with Gasteiger partial charge >= 0.3 is 0 Å². The summed E-state index contributed by atoms with van der Waals surface area (Å²) in [6.45, 7) is 2.64. The molecule has 0 radical (unpaired) electrons. The fraction of sp³-hybridized carbons (Fsp3) is 0.304. The third-order valence-electron chi connectivity index (χ3n) is 5.41. The molecule has 1 aliphatic rings. The molecule has 4 rings (SSSR count). The number of aryl methyl sites for hydroxylation is 1. The van der Waals surface area contributed by atoms with Gasteiger partial charge in [0.25, 0.3) is 5.91 Å². The molecule has 0 aliphatic carbocycles. The SMILES string of the molecule is CCc1ccc(N2CC(c3nnc(NC(=O)c4cc(OC)cc(OC)c4)s3)CC2=O)cc1. The zero-order chi connectivity index (χ0) is 22.7. The van der Waals surface area contributed by atoms with Gasteiger partial charge in [0.2, 0.25) is 11.0 Å². The number of methoxy groups -OCH3 is 2. The smallest absolute Gasteiger partial charge is 0.257 e. The molecule has 2 aromatic carbocycles. The van der Waals surface area contributed by atoms with E-state index in [1.54, 1.807) is 23.1 Å². The molecule has 32 heavy (non-hydrogen) atoms.